The minimum Gasteiger partial charge on any atom is -0.437 e. The van der Waals surface area contributed by atoms with Gasteiger partial charge in [0.1, 0.15) is 5.52 Å². The first-order chi connectivity index (χ1) is 10.5. The van der Waals surface area contributed by atoms with Crippen molar-refractivity contribution in [2.24, 2.45) is 0 Å². The van der Waals surface area contributed by atoms with Crippen LogP contribution in [0.2, 0.25) is 17.3 Å². The van der Waals surface area contributed by atoms with Crippen LogP contribution >= 0.6 is 23.2 Å². The van der Waals surface area contributed by atoms with Crippen molar-refractivity contribution >= 4 is 41.4 Å². The first-order valence-corrected chi connectivity index (χ1v) is 7.98. The van der Waals surface area contributed by atoms with Crippen LogP contribution < -0.4 is 0 Å². The number of hydrogen-bond acceptors (Lipinski definition) is 6. The highest BCUT2D eigenvalue weighted by atomic mass is 35.5. The van der Waals surface area contributed by atoms with Gasteiger partial charge in [-0.1, -0.05) is 11.6 Å². The summed E-state index contributed by atoms with van der Waals surface area (Å²) in [5, 5.41) is 9.98. The molecule has 1 aliphatic heterocycles. The number of aromatic nitrogens is 4. The SMILES string of the molecule is CB(O)N1CCN(CCn2cnc3c(Cl)nc(Cl)nc32)CC1. The van der Waals surface area contributed by atoms with E-state index in [-0.39, 0.29) is 17.5 Å². The van der Waals surface area contributed by atoms with E-state index in [0.717, 1.165) is 39.3 Å². The van der Waals surface area contributed by atoms with Crippen LogP contribution in [0.25, 0.3) is 11.2 Å². The summed E-state index contributed by atoms with van der Waals surface area (Å²) < 4.78 is 1.94. The summed E-state index contributed by atoms with van der Waals surface area (Å²) in [6.07, 6.45) is 1.72. The zero-order valence-corrected chi connectivity index (χ0v) is 13.8. The summed E-state index contributed by atoms with van der Waals surface area (Å²) in [7, 11) is -0.374. The lowest BCUT2D eigenvalue weighted by Crippen LogP contribution is -2.51. The Labute approximate surface area is 139 Å². The first-order valence-electron chi connectivity index (χ1n) is 7.23. The van der Waals surface area contributed by atoms with Gasteiger partial charge in [-0.3, -0.25) is 4.90 Å². The topological polar surface area (TPSA) is 70.3 Å². The van der Waals surface area contributed by atoms with Gasteiger partial charge in [-0.2, -0.15) is 4.98 Å². The quantitative estimate of drug-likeness (QED) is 0.505. The van der Waals surface area contributed by atoms with E-state index < -0.39 is 0 Å². The fourth-order valence-electron chi connectivity index (χ4n) is 2.66. The average Bonchev–Trinajstić information content (AvgIpc) is 2.89. The second-order valence-electron chi connectivity index (χ2n) is 5.40. The summed E-state index contributed by atoms with van der Waals surface area (Å²) in [6.45, 7) is 7.08. The average molecular weight is 343 g/mol. The number of imidazole rings is 1. The molecule has 1 saturated heterocycles. The van der Waals surface area contributed by atoms with Crippen LogP contribution in [-0.2, 0) is 6.54 Å². The molecule has 3 heterocycles. The lowest BCUT2D eigenvalue weighted by molar-refractivity contribution is 0.171. The summed E-state index contributed by atoms with van der Waals surface area (Å²) in [5.41, 5.74) is 1.23. The van der Waals surface area contributed by atoms with Crippen molar-refractivity contribution in [3.05, 3.63) is 16.8 Å². The van der Waals surface area contributed by atoms with Gasteiger partial charge in [-0.25, -0.2) is 9.97 Å². The van der Waals surface area contributed by atoms with Gasteiger partial charge in [0.15, 0.2) is 10.8 Å². The predicted molar refractivity (Wildman–Crippen MR) is 87.2 cm³/mol. The molecule has 0 atom stereocenters. The molecule has 0 spiro atoms. The number of nitrogens with zero attached hydrogens (tertiary/aromatic N) is 6. The van der Waals surface area contributed by atoms with Crippen LogP contribution in [0.3, 0.4) is 0 Å². The number of hydrogen-bond donors (Lipinski definition) is 1. The maximum Gasteiger partial charge on any atom is 0.376 e. The van der Waals surface area contributed by atoms with Crippen LogP contribution in [0, 0.1) is 0 Å². The van der Waals surface area contributed by atoms with E-state index in [1.165, 1.54) is 0 Å². The molecule has 1 fully saturated rings. The molecular weight excluding hydrogens is 326 g/mol. The minimum atomic E-state index is -0.374. The van der Waals surface area contributed by atoms with E-state index in [2.05, 4.69) is 24.7 Å². The molecule has 0 aliphatic carbocycles. The highest BCUT2D eigenvalue weighted by Gasteiger charge is 2.22. The number of piperazine rings is 1. The van der Waals surface area contributed by atoms with Crippen molar-refractivity contribution in [1.82, 2.24) is 29.2 Å². The van der Waals surface area contributed by atoms with Crippen LogP contribution in [-0.4, -0.2) is 74.0 Å². The van der Waals surface area contributed by atoms with Crippen molar-refractivity contribution in [2.45, 2.75) is 13.4 Å². The Morgan fingerprint density at radius 1 is 1.18 bits per heavy atom. The van der Waals surface area contributed by atoms with E-state index >= 15 is 0 Å². The molecule has 0 amide bonds. The third-order valence-electron chi connectivity index (χ3n) is 3.99. The molecule has 1 N–H and O–H groups in total. The van der Waals surface area contributed by atoms with E-state index in [4.69, 9.17) is 23.2 Å². The van der Waals surface area contributed by atoms with E-state index in [1.807, 2.05) is 4.57 Å². The maximum absolute atomic E-state index is 9.57. The van der Waals surface area contributed by atoms with Gasteiger partial charge >= 0.3 is 7.05 Å². The Morgan fingerprint density at radius 2 is 1.91 bits per heavy atom. The van der Waals surface area contributed by atoms with Gasteiger partial charge in [-0.15, -0.1) is 0 Å². The first kappa shape index (κ1) is 16.0. The van der Waals surface area contributed by atoms with Gasteiger partial charge in [0.25, 0.3) is 0 Å². The number of fused-ring (bicyclic) bond motifs is 1. The Kier molecular flexibility index (Phi) is 4.84. The van der Waals surface area contributed by atoms with Crippen molar-refractivity contribution in [2.75, 3.05) is 32.7 Å². The van der Waals surface area contributed by atoms with Gasteiger partial charge in [-0.05, 0) is 18.4 Å². The standard InChI is InChI=1S/C12H17BCl2N6O/c1-13(22)21-6-3-19(4-7-21)2-5-20-8-16-9-10(14)17-12(15)18-11(9)20/h8,22H,2-7H2,1H3. The second-order valence-corrected chi connectivity index (χ2v) is 6.10. The van der Waals surface area contributed by atoms with Crippen molar-refractivity contribution < 1.29 is 5.02 Å². The fourth-order valence-corrected chi connectivity index (χ4v) is 3.08. The second kappa shape index (κ2) is 6.68. The van der Waals surface area contributed by atoms with Gasteiger partial charge < -0.3 is 14.4 Å². The third-order valence-corrected chi connectivity index (χ3v) is 4.42. The summed E-state index contributed by atoms with van der Waals surface area (Å²) in [6, 6.07) is 0. The third kappa shape index (κ3) is 3.36. The smallest absolute Gasteiger partial charge is 0.376 e. The highest BCUT2D eigenvalue weighted by molar-refractivity contribution is 6.45. The largest absolute Gasteiger partial charge is 0.437 e. The Bertz CT molecular complexity index is 658. The molecular formula is C12H17BCl2N6O. The molecule has 0 aromatic carbocycles. The molecule has 0 radical (unpaired) electrons. The molecule has 7 nitrogen and oxygen atoms in total. The molecule has 10 heteroatoms. The molecule has 22 heavy (non-hydrogen) atoms. The molecule has 2 aromatic rings. The van der Waals surface area contributed by atoms with Crippen LogP contribution in [0.4, 0.5) is 0 Å². The summed E-state index contributed by atoms with van der Waals surface area (Å²) in [4.78, 5) is 16.8. The van der Waals surface area contributed by atoms with Crippen molar-refractivity contribution in [1.29, 1.82) is 0 Å². The monoisotopic (exact) mass is 342 g/mol. The maximum atomic E-state index is 9.57. The van der Waals surface area contributed by atoms with E-state index in [9.17, 15) is 5.02 Å². The van der Waals surface area contributed by atoms with Gasteiger partial charge in [0, 0.05) is 39.3 Å². The van der Waals surface area contributed by atoms with E-state index in [1.54, 1.807) is 13.2 Å². The van der Waals surface area contributed by atoms with Crippen molar-refractivity contribution in [3.63, 3.8) is 0 Å². The minimum absolute atomic E-state index is 0.129. The molecule has 3 rings (SSSR count). The molecule has 2 aromatic heterocycles. The molecule has 0 bridgehead atoms. The van der Waals surface area contributed by atoms with Gasteiger partial charge in [0.05, 0.1) is 6.33 Å². The molecule has 1 aliphatic rings. The summed E-state index contributed by atoms with van der Waals surface area (Å²) in [5.74, 6) is 0. The lowest BCUT2D eigenvalue weighted by Gasteiger charge is -2.35. The fraction of sp³-hybridized carbons (Fsp3) is 0.583. The number of rotatable bonds is 4. The lowest BCUT2D eigenvalue weighted by atomic mass is 9.84. The van der Waals surface area contributed by atoms with Gasteiger partial charge in [0.2, 0.25) is 5.28 Å². The van der Waals surface area contributed by atoms with E-state index in [0.29, 0.717) is 11.2 Å². The Morgan fingerprint density at radius 3 is 2.59 bits per heavy atom. The zero-order valence-electron chi connectivity index (χ0n) is 12.3. The van der Waals surface area contributed by atoms with Crippen LogP contribution in [0.1, 0.15) is 0 Å². The van der Waals surface area contributed by atoms with Crippen molar-refractivity contribution in [3.8, 4) is 0 Å². The summed E-state index contributed by atoms with van der Waals surface area (Å²) >= 11 is 11.9. The van der Waals surface area contributed by atoms with Crippen LogP contribution in [0.5, 0.6) is 0 Å². The molecule has 118 valence electrons. The Hall–Kier alpha value is -0.925. The number of halogens is 2. The normalized spacial score (nSPS) is 17.3. The highest BCUT2D eigenvalue weighted by Crippen LogP contribution is 2.20. The predicted octanol–water partition coefficient (Wildman–Crippen LogP) is 0.861. The zero-order chi connectivity index (χ0) is 15.7. The molecule has 0 saturated carbocycles. The molecule has 0 unspecified atom stereocenters. The Balaban J connectivity index is 1.63. The van der Waals surface area contributed by atoms with Crippen LogP contribution in [0.15, 0.2) is 6.33 Å².